The first kappa shape index (κ1) is 7.66. The zero-order chi connectivity index (χ0) is 7.72. The van der Waals surface area contributed by atoms with Gasteiger partial charge in [0, 0.05) is 4.47 Å². The lowest BCUT2D eigenvalue weighted by Gasteiger charge is -1.97. The lowest BCUT2D eigenvalue weighted by molar-refractivity contribution is 0.507. The third-order valence-corrected chi connectivity index (χ3v) is 2.06. The fraction of sp³-hybridized carbons (Fsp3) is 0.143. The van der Waals surface area contributed by atoms with Crippen LogP contribution in [0, 0.1) is 18.6 Å². The average molecular weight is 207 g/mol. The summed E-state index contributed by atoms with van der Waals surface area (Å²) in [6, 6.07) is 2.27. The molecule has 0 bridgehead atoms. The first-order valence-corrected chi connectivity index (χ1v) is 3.51. The maximum atomic E-state index is 12.4. The van der Waals surface area contributed by atoms with Crippen molar-refractivity contribution in [2.24, 2.45) is 0 Å². The summed E-state index contributed by atoms with van der Waals surface area (Å²) < 4.78 is 25.3. The number of hydrogen-bond donors (Lipinski definition) is 0. The van der Waals surface area contributed by atoms with Crippen LogP contribution in [-0.2, 0) is 0 Å². The molecule has 1 aromatic carbocycles. The Balaban J connectivity index is 3.28. The Hall–Kier alpha value is -0.440. The van der Waals surface area contributed by atoms with Crippen LogP contribution in [0.25, 0.3) is 0 Å². The Morgan fingerprint density at radius 1 is 1.20 bits per heavy atom. The molecule has 0 amide bonds. The zero-order valence-corrected chi connectivity index (χ0v) is 6.87. The topological polar surface area (TPSA) is 0 Å². The molecule has 54 valence electrons. The van der Waals surface area contributed by atoms with Crippen molar-refractivity contribution in [1.29, 1.82) is 0 Å². The van der Waals surface area contributed by atoms with Gasteiger partial charge in [0.05, 0.1) is 0 Å². The van der Waals surface area contributed by atoms with E-state index in [1.165, 1.54) is 0 Å². The first-order chi connectivity index (χ1) is 4.61. The van der Waals surface area contributed by atoms with Gasteiger partial charge >= 0.3 is 0 Å². The maximum Gasteiger partial charge on any atom is 0.159 e. The number of rotatable bonds is 0. The Bertz CT molecular complexity index is 208. The maximum absolute atomic E-state index is 12.4. The van der Waals surface area contributed by atoms with Gasteiger partial charge in [0.1, 0.15) is 0 Å². The van der Waals surface area contributed by atoms with Gasteiger partial charge in [0.25, 0.3) is 0 Å². The van der Waals surface area contributed by atoms with Crippen molar-refractivity contribution in [1.82, 2.24) is 0 Å². The van der Waals surface area contributed by atoms with Crippen LogP contribution in [0.4, 0.5) is 8.78 Å². The molecular weight excluding hydrogens is 202 g/mol. The highest BCUT2D eigenvalue weighted by Crippen LogP contribution is 2.18. The van der Waals surface area contributed by atoms with Gasteiger partial charge in [-0.25, -0.2) is 8.78 Å². The Labute approximate surface area is 66.0 Å². The Morgan fingerprint density at radius 3 is 2.20 bits per heavy atom. The molecule has 0 aliphatic heterocycles. The van der Waals surface area contributed by atoms with Gasteiger partial charge in [0.2, 0.25) is 0 Å². The standard InChI is InChI=1S/C7H5BrF2/c1-4-2-6(9)7(10)3-5(4)8/h2-3H,1H3. The SMILES string of the molecule is Cc1cc(F)c(F)cc1Br. The fourth-order valence-electron chi connectivity index (χ4n) is 0.622. The van der Waals surface area contributed by atoms with Crippen LogP contribution in [0.15, 0.2) is 16.6 Å². The highest BCUT2D eigenvalue weighted by Gasteiger charge is 2.03. The molecular formula is C7H5BrF2. The van der Waals surface area contributed by atoms with Crippen molar-refractivity contribution >= 4 is 15.9 Å². The largest absolute Gasteiger partial charge is 0.204 e. The second-order valence-corrected chi connectivity index (χ2v) is 2.87. The van der Waals surface area contributed by atoms with E-state index in [2.05, 4.69) is 15.9 Å². The monoisotopic (exact) mass is 206 g/mol. The molecule has 3 heteroatoms. The van der Waals surface area contributed by atoms with E-state index in [-0.39, 0.29) is 0 Å². The summed E-state index contributed by atoms with van der Waals surface area (Å²) in [4.78, 5) is 0. The number of hydrogen-bond acceptors (Lipinski definition) is 0. The molecule has 0 saturated heterocycles. The van der Waals surface area contributed by atoms with Gasteiger partial charge in [-0.3, -0.25) is 0 Å². The molecule has 0 unspecified atom stereocenters. The minimum Gasteiger partial charge on any atom is -0.204 e. The van der Waals surface area contributed by atoms with Crippen LogP contribution in [-0.4, -0.2) is 0 Å². The van der Waals surface area contributed by atoms with E-state index in [0.29, 0.717) is 10.0 Å². The third kappa shape index (κ3) is 1.34. The Morgan fingerprint density at radius 2 is 1.70 bits per heavy atom. The molecule has 0 atom stereocenters. The lowest BCUT2D eigenvalue weighted by Crippen LogP contribution is -1.85. The first-order valence-electron chi connectivity index (χ1n) is 2.72. The summed E-state index contributed by atoms with van der Waals surface area (Å²) in [6.07, 6.45) is 0. The van der Waals surface area contributed by atoms with Gasteiger partial charge in [0.15, 0.2) is 11.6 Å². The summed E-state index contributed by atoms with van der Waals surface area (Å²) >= 11 is 3.07. The highest BCUT2D eigenvalue weighted by molar-refractivity contribution is 9.10. The lowest BCUT2D eigenvalue weighted by atomic mass is 10.2. The molecule has 0 saturated carbocycles. The summed E-state index contributed by atoms with van der Waals surface area (Å²) in [5.74, 6) is -1.63. The van der Waals surface area contributed by atoms with Gasteiger partial charge in [-0.15, -0.1) is 0 Å². The van der Waals surface area contributed by atoms with Gasteiger partial charge in [-0.05, 0) is 24.6 Å². The van der Waals surface area contributed by atoms with Crippen molar-refractivity contribution in [3.05, 3.63) is 33.8 Å². The second-order valence-electron chi connectivity index (χ2n) is 2.02. The van der Waals surface area contributed by atoms with E-state index in [1.54, 1.807) is 6.92 Å². The summed E-state index contributed by atoms with van der Waals surface area (Å²) in [6.45, 7) is 1.70. The average Bonchev–Trinajstić information content (AvgIpc) is 1.84. The zero-order valence-electron chi connectivity index (χ0n) is 5.29. The smallest absolute Gasteiger partial charge is 0.159 e. The minimum atomic E-state index is -0.822. The van der Waals surface area contributed by atoms with E-state index in [0.717, 1.165) is 12.1 Å². The van der Waals surface area contributed by atoms with Crippen LogP contribution in [0.1, 0.15) is 5.56 Å². The van der Waals surface area contributed by atoms with Gasteiger partial charge < -0.3 is 0 Å². The molecule has 0 N–H and O–H groups in total. The van der Waals surface area contributed by atoms with Gasteiger partial charge in [-0.1, -0.05) is 15.9 Å². The van der Waals surface area contributed by atoms with Gasteiger partial charge in [-0.2, -0.15) is 0 Å². The third-order valence-electron chi connectivity index (χ3n) is 1.20. The highest BCUT2D eigenvalue weighted by atomic mass is 79.9. The summed E-state index contributed by atoms with van der Waals surface area (Å²) in [7, 11) is 0. The fourth-order valence-corrected chi connectivity index (χ4v) is 0.937. The number of halogens is 3. The molecule has 0 aromatic heterocycles. The minimum absolute atomic E-state index is 0.589. The van der Waals surface area contributed by atoms with Crippen molar-refractivity contribution < 1.29 is 8.78 Å². The van der Waals surface area contributed by atoms with E-state index < -0.39 is 11.6 Å². The summed E-state index contributed by atoms with van der Waals surface area (Å²) in [5.41, 5.74) is 0.693. The molecule has 0 spiro atoms. The molecule has 0 nitrogen and oxygen atoms in total. The van der Waals surface area contributed by atoms with E-state index in [4.69, 9.17) is 0 Å². The normalized spacial score (nSPS) is 10.0. The molecule has 1 rings (SSSR count). The van der Waals surface area contributed by atoms with Crippen molar-refractivity contribution in [2.75, 3.05) is 0 Å². The van der Waals surface area contributed by atoms with Crippen LogP contribution < -0.4 is 0 Å². The second kappa shape index (κ2) is 2.66. The predicted molar refractivity (Wildman–Crippen MR) is 38.8 cm³/mol. The summed E-state index contributed by atoms with van der Waals surface area (Å²) in [5, 5.41) is 0. The molecule has 0 radical (unpaired) electrons. The van der Waals surface area contributed by atoms with Crippen LogP contribution >= 0.6 is 15.9 Å². The van der Waals surface area contributed by atoms with Crippen molar-refractivity contribution in [3.63, 3.8) is 0 Å². The van der Waals surface area contributed by atoms with Crippen molar-refractivity contribution in [2.45, 2.75) is 6.92 Å². The molecule has 10 heavy (non-hydrogen) atoms. The predicted octanol–water partition coefficient (Wildman–Crippen LogP) is 3.04. The van der Waals surface area contributed by atoms with Crippen LogP contribution in [0.2, 0.25) is 0 Å². The molecule has 0 heterocycles. The number of benzene rings is 1. The van der Waals surface area contributed by atoms with E-state index >= 15 is 0 Å². The Kier molecular flexibility index (Phi) is 2.04. The molecule has 0 fully saturated rings. The van der Waals surface area contributed by atoms with Crippen LogP contribution in [0.3, 0.4) is 0 Å². The van der Waals surface area contributed by atoms with Crippen LogP contribution in [0.5, 0.6) is 0 Å². The molecule has 1 aromatic rings. The van der Waals surface area contributed by atoms with E-state index in [9.17, 15) is 8.78 Å². The molecule has 0 aliphatic carbocycles. The molecule has 0 aliphatic rings. The number of aryl methyl sites for hydroxylation is 1. The van der Waals surface area contributed by atoms with Crippen molar-refractivity contribution in [3.8, 4) is 0 Å². The quantitative estimate of drug-likeness (QED) is 0.573. The van der Waals surface area contributed by atoms with E-state index in [1.807, 2.05) is 0 Å².